The van der Waals surface area contributed by atoms with Crippen LogP contribution in [-0.4, -0.2) is 15.4 Å². The molecule has 0 spiro atoms. The van der Waals surface area contributed by atoms with Gasteiger partial charge in [0.05, 0.1) is 24.7 Å². The van der Waals surface area contributed by atoms with E-state index in [0.29, 0.717) is 0 Å². The van der Waals surface area contributed by atoms with Crippen LogP contribution in [0.1, 0.15) is 19.5 Å². The Labute approximate surface area is 76.8 Å². The fraction of sp³-hybridized carbons (Fsp3) is 0.556. The average Bonchev–Trinajstić information content (AvgIpc) is 2.34. The monoisotopic (exact) mass is 181 g/mol. The second-order valence-electron chi connectivity index (χ2n) is 3.53. The van der Waals surface area contributed by atoms with Gasteiger partial charge in [0, 0.05) is 6.20 Å². The second kappa shape index (κ2) is 3.56. The first-order valence-corrected chi connectivity index (χ1v) is 4.09. The molecule has 70 valence electrons. The Morgan fingerprint density at radius 1 is 1.69 bits per heavy atom. The van der Waals surface area contributed by atoms with Crippen LogP contribution in [0.15, 0.2) is 12.3 Å². The van der Waals surface area contributed by atoms with Crippen LogP contribution < -0.4 is 0 Å². The molecule has 0 unspecified atom stereocenters. The standard InChI is InChI=1S/C9H12FN3/c1-9(2,10)7-13-8(3-5-11)4-6-12-13/h4,6H,3,7H2,1-2H3. The van der Waals surface area contributed by atoms with Gasteiger partial charge in [-0.3, -0.25) is 4.68 Å². The Morgan fingerprint density at radius 2 is 2.38 bits per heavy atom. The van der Waals surface area contributed by atoms with Crippen LogP contribution in [0.2, 0.25) is 0 Å². The van der Waals surface area contributed by atoms with Crippen molar-refractivity contribution in [3.05, 3.63) is 18.0 Å². The zero-order valence-electron chi connectivity index (χ0n) is 7.79. The van der Waals surface area contributed by atoms with Gasteiger partial charge in [-0.2, -0.15) is 10.4 Å². The summed E-state index contributed by atoms with van der Waals surface area (Å²) in [4.78, 5) is 0. The lowest BCUT2D eigenvalue weighted by Gasteiger charge is -2.15. The zero-order valence-corrected chi connectivity index (χ0v) is 7.79. The lowest BCUT2D eigenvalue weighted by molar-refractivity contribution is 0.177. The number of nitriles is 1. The third-order valence-electron chi connectivity index (χ3n) is 1.59. The lowest BCUT2D eigenvalue weighted by atomic mass is 10.2. The number of rotatable bonds is 3. The molecule has 1 aromatic rings. The smallest absolute Gasteiger partial charge is 0.125 e. The molecule has 0 amide bonds. The topological polar surface area (TPSA) is 41.6 Å². The Hall–Kier alpha value is -1.37. The maximum atomic E-state index is 13.2. The number of hydrogen-bond donors (Lipinski definition) is 0. The van der Waals surface area contributed by atoms with Gasteiger partial charge in [0.2, 0.25) is 0 Å². The Kier molecular flexibility index (Phi) is 2.66. The Bertz CT molecular complexity index is 316. The van der Waals surface area contributed by atoms with Crippen LogP contribution in [0.5, 0.6) is 0 Å². The third kappa shape index (κ3) is 2.86. The maximum absolute atomic E-state index is 13.2. The molecule has 1 rings (SSSR count). The molecule has 0 saturated heterocycles. The quantitative estimate of drug-likeness (QED) is 0.712. The minimum absolute atomic E-state index is 0.191. The number of alkyl halides is 1. The molecule has 0 atom stereocenters. The van der Waals surface area contributed by atoms with Gasteiger partial charge in [-0.05, 0) is 19.9 Å². The van der Waals surface area contributed by atoms with E-state index in [-0.39, 0.29) is 13.0 Å². The molecule has 0 N–H and O–H groups in total. The van der Waals surface area contributed by atoms with E-state index in [4.69, 9.17) is 5.26 Å². The molecule has 0 aliphatic heterocycles. The van der Waals surface area contributed by atoms with Gasteiger partial charge in [0.1, 0.15) is 5.67 Å². The highest BCUT2D eigenvalue weighted by Gasteiger charge is 2.18. The normalized spacial score (nSPS) is 11.2. The third-order valence-corrected chi connectivity index (χ3v) is 1.59. The maximum Gasteiger partial charge on any atom is 0.125 e. The molecule has 0 aromatic carbocycles. The molecule has 3 nitrogen and oxygen atoms in total. The van der Waals surface area contributed by atoms with E-state index in [1.165, 1.54) is 18.5 Å². The van der Waals surface area contributed by atoms with Gasteiger partial charge < -0.3 is 0 Å². The van der Waals surface area contributed by atoms with Crippen LogP contribution in [0.25, 0.3) is 0 Å². The molecule has 0 saturated carbocycles. The molecule has 0 aliphatic carbocycles. The molecule has 4 heteroatoms. The van der Waals surface area contributed by atoms with Crippen molar-refractivity contribution in [2.45, 2.75) is 32.5 Å². The summed E-state index contributed by atoms with van der Waals surface area (Å²) >= 11 is 0. The van der Waals surface area contributed by atoms with E-state index in [2.05, 4.69) is 5.10 Å². The van der Waals surface area contributed by atoms with Crippen molar-refractivity contribution < 1.29 is 4.39 Å². The number of halogens is 1. The lowest BCUT2D eigenvalue weighted by Crippen LogP contribution is -2.22. The molecule has 1 aromatic heterocycles. The van der Waals surface area contributed by atoms with Crippen molar-refractivity contribution in [1.29, 1.82) is 5.26 Å². The van der Waals surface area contributed by atoms with Gasteiger partial charge in [0.15, 0.2) is 0 Å². The molecule has 0 bridgehead atoms. The van der Waals surface area contributed by atoms with Crippen LogP contribution in [-0.2, 0) is 13.0 Å². The summed E-state index contributed by atoms with van der Waals surface area (Å²) in [5.41, 5.74) is -0.538. The minimum atomic E-state index is -1.30. The SMILES string of the molecule is CC(C)(F)Cn1nccc1CC#N. The predicted molar refractivity (Wildman–Crippen MR) is 46.7 cm³/mol. The van der Waals surface area contributed by atoms with Crippen molar-refractivity contribution in [3.8, 4) is 6.07 Å². The average molecular weight is 181 g/mol. The number of aromatic nitrogens is 2. The molecule has 0 radical (unpaired) electrons. The summed E-state index contributed by atoms with van der Waals surface area (Å²) in [5, 5.41) is 12.4. The van der Waals surface area contributed by atoms with Gasteiger partial charge in [-0.25, -0.2) is 4.39 Å². The summed E-state index contributed by atoms with van der Waals surface area (Å²) in [6.07, 6.45) is 1.86. The van der Waals surface area contributed by atoms with Crippen LogP contribution in [0.4, 0.5) is 4.39 Å². The van der Waals surface area contributed by atoms with E-state index in [9.17, 15) is 4.39 Å². The first-order chi connectivity index (χ1) is 6.03. The Balaban J connectivity index is 2.78. The summed E-state index contributed by atoms with van der Waals surface area (Å²) < 4.78 is 14.8. The van der Waals surface area contributed by atoms with E-state index in [0.717, 1.165) is 5.69 Å². The van der Waals surface area contributed by atoms with Gasteiger partial charge in [-0.1, -0.05) is 0 Å². The van der Waals surface area contributed by atoms with E-state index in [1.807, 2.05) is 6.07 Å². The highest BCUT2D eigenvalue weighted by Crippen LogP contribution is 2.12. The van der Waals surface area contributed by atoms with Crippen LogP contribution >= 0.6 is 0 Å². The summed E-state index contributed by atoms with van der Waals surface area (Å²) in [7, 11) is 0. The molecular formula is C9H12FN3. The van der Waals surface area contributed by atoms with Crippen molar-refractivity contribution in [2.75, 3.05) is 0 Å². The molecule has 1 heterocycles. The molecule has 0 fully saturated rings. The summed E-state index contributed by atoms with van der Waals surface area (Å²) in [5.74, 6) is 0. The van der Waals surface area contributed by atoms with Gasteiger partial charge >= 0.3 is 0 Å². The molecule has 0 aliphatic rings. The highest BCUT2D eigenvalue weighted by molar-refractivity contribution is 5.06. The zero-order chi connectivity index (χ0) is 9.90. The fourth-order valence-electron chi connectivity index (χ4n) is 1.09. The van der Waals surface area contributed by atoms with E-state index < -0.39 is 5.67 Å². The largest absolute Gasteiger partial charge is 0.265 e. The van der Waals surface area contributed by atoms with Gasteiger partial charge in [-0.15, -0.1) is 0 Å². The Morgan fingerprint density at radius 3 is 2.92 bits per heavy atom. The van der Waals surface area contributed by atoms with Crippen molar-refractivity contribution >= 4 is 0 Å². The fourth-order valence-corrected chi connectivity index (χ4v) is 1.09. The predicted octanol–water partition coefficient (Wildman–Crippen LogP) is 1.70. The molecule has 13 heavy (non-hydrogen) atoms. The molecular weight excluding hydrogens is 169 g/mol. The van der Waals surface area contributed by atoms with Crippen molar-refractivity contribution in [1.82, 2.24) is 9.78 Å². The highest BCUT2D eigenvalue weighted by atomic mass is 19.1. The summed E-state index contributed by atoms with van der Waals surface area (Å²) in [6, 6.07) is 3.74. The van der Waals surface area contributed by atoms with E-state index in [1.54, 1.807) is 12.3 Å². The van der Waals surface area contributed by atoms with Crippen LogP contribution in [0, 0.1) is 11.3 Å². The number of nitrogens with zero attached hydrogens (tertiary/aromatic N) is 3. The van der Waals surface area contributed by atoms with Crippen molar-refractivity contribution in [3.63, 3.8) is 0 Å². The van der Waals surface area contributed by atoms with E-state index >= 15 is 0 Å². The van der Waals surface area contributed by atoms with Gasteiger partial charge in [0.25, 0.3) is 0 Å². The van der Waals surface area contributed by atoms with Crippen LogP contribution in [0.3, 0.4) is 0 Å². The minimum Gasteiger partial charge on any atom is -0.265 e. The summed E-state index contributed by atoms with van der Waals surface area (Å²) in [6.45, 7) is 3.17. The second-order valence-corrected chi connectivity index (χ2v) is 3.53. The van der Waals surface area contributed by atoms with Crippen molar-refractivity contribution in [2.24, 2.45) is 0 Å². The first-order valence-electron chi connectivity index (χ1n) is 4.09. The first kappa shape index (κ1) is 9.72. The number of hydrogen-bond acceptors (Lipinski definition) is 2.